The molecule has 1 aliphatic rings. The molecule has 1 saturated heterocycles. The van der Waals surface area contributed by atoms with E-state index >= 15 is 0 Å². The van der Waals surface area contributed by atoms with Crippen LogP contribution in [0.25, 0.3) is 22.0 Å². The molecule has 1 aliphatic heterocycles. The van der Waals surface area contributed by atoms with E-state index in [0.29, 0.717) is 42.6 Å². The van der Waals surface area contributed by atoms with Crippen LogP contribution in [-0.4, -0.2) is 74.3 Å². The van der Waals surface area contributed by atoms with Crippen molar-refractivity contribution in [2.75, 3.05) is 25.1 Å². The number of benzene rings is 2. The second-order valence-corrected chi connectivity index (χ2v) is 13.5. The molecule has 9 nitrogen and oxygen atoms in total. The van der Waals surface area contributed by atoms with Crippen LogP contribution >= 0.6 is 0 Å². The van der Waals surface area contributed by atoms with Gasteiger partial charge in [0.05, 0.1) is 12.3 Å². The SMILES string of the molecule is CN(c1ccc(-c2cc3ccc(OCCCN(C(=O)O)C(C)(C)C)cc3cc2O)nn1)C1CC(C)(C)NC(C)(C)C1. The monoisotopic (exact) mass is 563 g/mol. The number of aromatic nitrogens is 2. The van der Waals surface area contributed by atoms with Gasteiger partial charge < -0.3 is 30.1 Å². The van der Waals surface area contributed by atoms with Gasteiger partial charge in [-0.2, -0.15) is 0 Å². The summed E-state index contributed by atoms with van der Waals surface area (Å²) in [6.07, 6.45) is 1.65. The van der Waals surface area contributed by atoms with Crippen molar-refractivity contribution >= 4 is 22.7 Å². The molecule has 0 unspecified atom stereocenters. The van der Waals surface area contributed by atoms with E-state index in [1.165, 1.54) is 4.90 Å². The van der Waals surface area contributed by atoms with Crippen LogP contribution in [0, 0.1) is 0 Å². The highest BCUT2D eigenvalue weighted by molar-refractivity contribution is 5.90. The molecule has 0 atom stereocenters. The van der Waals surface area contributed by atoms with Gasteiger partial charge in [0, 0.05) is 41.8 Å². The lowest BCUT2D eigenvalue weighted by atomic mass is 9.79. The fourth-order valence-corrected chi connectivity index (χ4v) is 6.08. The summed E-state index contributed by atoms with van der Waals surface area (Å²) in [5.41, 5.74) is 0.821. The molecule has 1 aromatic heterocycles. The molecule has 0 radical (unpaired) electrons. The third-order valence-corrected chi connectivity index (χ3v) is 7.77. The van der Waals surface area contributed by atoms with Crippen LogP contribution in [0.5, 0.6) is 11.5 Å². The van der Waals surface area contributed by atoms with E-state index in [1.807, 2.05) is 57.2 Å². The van der Waals surface area contributed by atoms with Crippen molar-refractivity contribution in [1.29, 1.82) is 0 Å². The molecule has 0 bridgehead atoms. The quantitative estimate of drug-likeness (QED) is 0.274. The zero-order chi connectivity index (χ0) is 30.2. The van der Waals surface area contributed by atoms with Gasteiger partial charge in [0.15, 0.2) is 5.82 Å². The van der Waals surface area contributed by atoms with Gasteiger partial charge in [-0.3, -0.25) is 0 Å². The largest absolute Gasteiger partial charge is 0.507 e. The number of hydrogen-bond acceptors (Lipinski definition) is 7. The number of anilines is 1. The van der Waals surface area contributed by atoms with Gasteiger partial charge in [-0.1, -0.05) is 6.07 Å². The Morgan fingerprint density at radius 1 is 1.02 bits per heavy atom. The van der Waals surface area contributed by atoms with E-state index in [1.54, 1.807) is 6.07 Å². The van der Waals surface area contributed by atoms with Crippen molar-refractivity contribution in [3.8, 4) is 22.8 Å². The summed E-state index contributed by atoms with van der Waals surface area (Å²) in [5, 5.41) is 34.8. The highest BCUT2D eigenvalue weighted by Crippen LogP contribution is 2.35. The van der Waals surface area contributed by atoms with Gasteiger partial charge in [0.25, 0.3) is 0 Å². The number of amides is 1. The number of carboxylic acid groups (broad SMARTS) is 1. The zero-order valence-electron chi connectivity index (χ0n) is 25.7. The second kappa shape index (κ2) is 11.4. The minimum absolute atomic E-state index is 0.0314. The Bertz CT molecular complexity index is 1370. The second-order valence-electron chi connectivity index (χ2n) is 13.5. The number of phenolic OH excluding ortho intramolecular Hbond substituents is 1. The molecule has 0 spiro atoms. The van der Waals surface area contributed by atoms with Crippen LogP contribution in [-0.2, 0) is 0 Å². The topological polar surface area (TPSA) is 111 Å². The number of piperidine rings is 1. The lowest BCUT2D eigenvalue weighted by Crippen LogP contribution is -2.62. The van der Waals surface area contributed by atoms with Crippen LogP contribution in [0.2, 0.25) is 0 Å². The molecule has 1 amide bonds. The Labute approximate surface area is 243 Å². The Hall–Kier alpha value is -3.59. The Morgan fingerprint density at radius 3 is 2.29 bits per heavy atom. The van der Waals surface area contributed by atoms with E-state index in [9.17, 15) is 15.0 Å². The first-order chi connectivity index (χ1) is 19.0. The number of hydrogen-bond donors (Lipinski definition) is 3. The number of aromatic hydroxyl groups is 1. The van der Waals surface area contributed by atoms with Crippen molar-refractivity contribution in [3.63, 3.8) is 0 Å². The molecular weight excluding hydrogens is 518 g/mol. The van der Waals surface area contributed by atoms with E-state index in [4.69, 9.17) is 4.74 Å². The summed E-state index contributed by atoms with van der Waals surface area (Å²) >= 11 is 0. The molecule has 4 rings (SSSR count). The number of nitrogens with zero attached hydrogens (tertiary/aromatic N) is 4. The number of ether oxygens (including phenoxy) is 1. The molecule has 0 aliphatic carbocycles. The maximum atomic E-state index is 11.5. The highest BCUT2D eigenvalue weighted by Gasteiger charge is 2.39. The summed E-state index contributed by atoms with van der Waals surface area (Å²) in [7, 11) is 2.08. The van der Waals surface area contributed by atoms with E-state index in [-0.39, 0.29) is 16.8 Å². The molecule has 0 saturated carbocycles. The molecule has 222 valence electrons. The van der Waals surface area contributed by atoms with E-state index in [2.05, 4.69) is 55.2 Å². The number of phenols is 1. The van der Waals surface area contributed by atoms with Gasteiger partial charge in [0.2, 0.25) is 0 Å². The summed E-state index contributed by atoms with van der Waals surface area (Å²) in [6.45, 7) is 15.4. The molecule has 1 fully saturated rings. The highest BCUT2D eigenvalue weighted by atomic mass is 16.5. The molecule has 3 N–H and O–H groups in total. The maximum absolute atomic E-state index is 11.5. The van der Waals surface area contributed by atoms with Gasteiger partial charge in [-0.25, -0.2) is 4.79 Å². The Morgan fingerprint density at radius 2 is 1.71 bits per heavy atom. The van der Waals surface area contributed by atoms with Crippen molar-refractivity contribution in [1.82, 2.24) is 20.4 Å². The van der Waals surface area contributed by atoms with Crippen LogP contribution in [0.3, 0.4) is 0 Å². The van der Waals surface area contributed by atoms with Gasteiger partial charge in [0.1, 0.15) is 11.5 Å². The van der Waals surface area contributed by atoms with Crippen LogP contribution < -0.4 is 15.0 Å². The third kappa shape index (κ3) is 7.38. The van der Waals surface area contributed by atoms with Crippen molar-refractivity contribution in [3.05, 3.63) is 42.5 Å². The number of fused-ring (bicyclic) bond motifs is 1. The van der Waals surface area contributed by atoms with Crippen LogP contribution in [0.1, 0.15) is 67.7 Å². The molecular formula is C32H45N5O4. The average molecular weight is 564 g/mol. The first-order valence-electron chi connectivity index (χ1n) is 14.3. The number of rotatable bonds is 8. The van der Waals surface area contributed by atoms with Crippen molar-refractivity contribution in [2.45, 2.75) is 90.4 Å². The summed E-state index contributed by atoms with van der Waals surface area (Å²) in [4.78, 5) is 15.2. The minimum Gasteiger partial charge on any atom is -0.507 e. The maximum Gasteiger partial charge on any atom is 0.407 e. The lowest BCUT2D eigenvalue weighted by Gasteiger charge is -2.49. The Balaban J connectivity index is 1.44. The molecule has 2 heterocycles. The molecule has 41 heavy (non-hydrogen) atoms. The first kappa shape index (κ1) is 30.4. The standard InChI is InChI=1S/C32H45N5O4/c1-30(2,3)37(29(39)40)14-9-15-41-24-11-10-21-17-25(27(38)18-22(21)16-24)26-12-13-28(34-33-26)36(8)23-19-31(4,5)35-32(6,7)20-23/h10-13,16-18,23,35,38H,9,14-15,19-20H2,1-8H3,(H,39,40). The zero-order valence-corrected chi connectivity index (χ0v) is 25.7. The Kier molecular flexibility index (Phi) is 8.41. The van der Waals surface area contributed by atoms with Gasteiger partial charge in [-0.05, 0) is 115 Å². The van der Waals surface area contributed by atoms with E-state index in [0.717, 1.165) is 29.4 Å². The summed E-state index contributed by atoms with van der Waals surface area (Å²) in [5.74, 6) is 1.59. The van der Waals surface area contributed by atoms with Gasteiger partial charge in [-0.15, -0.1) is 10.2 Å². The van der Waals surface area contributed by atoms with Crippen LogP contribution in [0.15, 0.2) is 42.5 Å². The smallest absolute Gasteiger partial charge is 0.407 e. The predicted molar refractivity (Wildman–Crippen MR) is 164 cm³/mol. The molecule has 9 heteroatoms. The van der Waals surface area contributed by atoms with Crippen molar-refractivity contribution in [2.24, 2.45) is 0 Å². The fourth-order valence-electron chi connectivity index (χ4n) is 6.08. The molecule has 2 aromatic carbocycles. The number of carbonyl (C=O) groups is 1. The summed E-state index contributed by atoms with van der Waals surface area (Å²) < 4.78 is 5.89. The van der Waals surface area contributed by atoms with Gasteiger partial charge >= 0.3 is 6.09 Å². The molecule has 3 aromatic rings. The first-order valence-corrected chi connectivity index (χ1v) is 14.3. The fraction of sp³-hybridized carbons (Fsp3) is 0.531. The normalized spacial score (nSPS) is 16.9. The third-order valence-electron chi connectivity index (χ3n) is 7.77. The predicted octanol–water partition coefficient (Wildman–Crippen LogP) is 6.30. The van der Waals surface area contributed by atoms with E-state index < -0.39 is 11.6 Å². The average Bonchev–Trinajstić information content (AvgIpc) is 2.85. The summed E-state index contributed by atoms with van der Waals surface area (Å²) in [6, 6.07) is 13.5. The number of nitrogens with one attached hydrogen (secondary N) is 1. The van der Waals surface area contributed by atoms with Crippen LogP contribution in [0.4, 0.5) is 10.6 Å². The van der Waals surface area contributed by atoms with Crippen molar-refractivity contribution < 1.29 is 19.7 Å². The minimum atomic E-state index is -0.935. The lowest BCUT2D eigenvalue weighted by molar-refractivity contribution is 0.0962.